The van der Waals surface area contributed by atoms with Crippen LogP contribution in [0, 0.1) is 11.8 Å². The van der Waals surface area contributed by atoms with Gasteiger partial charge in [-0.1, -0.05) is 12.1 Å². The Morgan fingerprint density at radius 2 is 1.91 bits per heavy atom. The van der Waals surface area contributed by atoms with E-state index in [1.54, 1.807) is 0 Å². The predicted octanol–water partition coefficient (Wildman–Crippen LogP) is 1.42. The molecular formula is C17H22N2O3. The van der Waals surface area contributed by atoms with Gasteiger partial charge < -0.3 is 15.3 Å². The Morgan fingerprint density at radius 1 is 1.18 bits per heavy atom. The highest BCUT2D eigenvalue weighted by molar-refractivity contribution is 5.94. The molecule has 2 N–H and O–H groups in total. The lowest BCUT2D eigenvalue weighted by atomic mass is 10.1. The highest BCUT2D eigenvalue weighted by atomic mass is 16.3. The van der Waals surface area contributed by atoms with Crippen molar-refractivity contribution < 1.29 is 14.7 Å². The number of aliphatic hydroxyl groups excluding tert-OH is 1. The lowest BCUT2D eigenvalue weighted by molar-refractivity contribution is -0.129. The zero-order valence-electron chi connectivity index (χ0n) is 12.6. The number of carbonyl (C=O) groups excluding carboxylic acids is 2. The van der Waals surface area contributed by atoms with Gasteiger partial charge in [-0.3, -0.25) is 9.59 Å². The molecule has 0 spiro atoms. The largest absolute Gasteiger partial charge is 0.396 e. The van der Waals surface area contributed by atoms with Gasteiger partial charge in [0, 0.05) is 37.2 Å². The van der Waals surface area contributed by atoms with Gasteiger partial charge in [0.05, 0.1) is 6.42 Å². The second kappa shape index (κ2) is 6.48. The first-order valence-corrected chi connectivity index (χ1v) is 7.94. The Bertz CT molecular complexity index is 552. The Hall–Kier alpha value is -1.88. The van der Waals surface area contributed by atoms with Gasteiger partial charge in [0.2, 0.25) is 11.8 Å². The number of rotatable bonds is 5. The van der Waals surface area contributed by atoms with Crippen molar-refractivity contribution in [2.24, 2.45) is 11.8 Å². The molecule has 1 aliphatic carbocycles. The van der Waals surface area contributed by atoms with E-state index in [4.69, 9.17) is 5.11 Å². The predicted molar refractivity (Wildman–Crippen MR) is 83.3 cm³/mol. The topological polar surface area (TPSA) is 69.6 Å². The van der Waals surface area contributed by atoms with Crippen molar-refractivity contribution in [3.8, 4) is 0 Å². The Morgan fingerprint density at radius 3 is 2.50 bits per heavy atom. The molecule has 1 saturated heterocycles. The first-order valence-electron chi connectivity index (χ1n) is 7.94. The van der Waals surface area contributed by atoms with Gasteiger partial charge in [0.15, 0.2) is 0 Å². The standard InChI is InChI=1S/C17H22N2O3/c20-11-13-7-8-19(10-13)16(21)9-12-1-5-15(6-2-12)18-17(22)14-3-4-14/h1-2,5-6,13-14,20H,3-4,7-11H2,(H,18,22). The minimum Gasteiger partial charge on any atom is -0.396 e. The molecule has 0 radical (unpaired) electrons. The van der Waals surface area contributed by atoms with Gasteiger partial charge in [-0.2, -0.15) is 0 Å². The summed E-state index contributed by atoms with van der Waals surface area (Å²) >= 11 is 0. The summed E-state index contributed by atoms with van der Waals surface area (Å²) in [6.07, 6.45) is 3.23. The van der Waals surface area contributed by atoms with Gasteiger partial charge in [-0.15, -0.1) is 0 Å². The van der Waals surface area contributed by atoms with Crippen molar-refractivity contribution in [1.29, 1.82) is 0 Å². The molecule has 2 aliphatic rings. The summed E-state index contributed by atoms with van der Waals surface area (Å²) in [4.78, 5) is 25.7. The van der Waals surface area contributed by atoms with Crippen LogP contribution in [0.2, 0.25) is 0 Å². The number of carbonyl (C=O) groups is 2. The third-order valence-corrected chi connectivity index (χ3v) is 4.42. The molecule has 2 fully saturated rings. The number of hydrogen-bond donors (Lipinski definition) is 2. The van der Waals surface area contributed by atoms with Crippen molar-refractivity contribution in [3.05, 3.63) is 29.8 Å². The molecule has 1 aliphatic heterocycles. The van der Waals surface area contributed by atoms with E-state index in [9.17, 15) is 9.59 Å². The summed E-state index contributed by atoms with van der Waals surface area (Å²) in [5.41, 5.74) is 1.73. The fourth-order valence-electron chi connectivity index (χ4n) is 2.79. The Kier molecular flexibility index (Phi) is 4.43. The van der Waals surface area contributed by atoms with Crippen molar-refractivity contribution in [1.82, 2.24) is 4.90 Å². The second-order valence-electron chi connectivity index (χ2n) is 6.31. The maximum Gasteiger partial charge on any atom is 0.227 e. The number of anilines is 1. The second-order valence-corrected chi connectivity index (χ2v) is 6.31. The molecular weight excluding hydrogens is 280 g/mol. The van der Waals surface area contributed by atoms with E-state index in [2.05, 4.69) is 5.32 Å². The minimum absolute atomic E-state index is 0.0935. The molecule has 1 saturated carbocycles. The molecule has 1 atom stereocenters. The molecule has 1 heterocycles. The molecule has 0 aromatic heterocycles. The third kappa shape index (κ3) is 3.65. The molecule has 1 unspecified atom stereocenters. The van der Waals surface area contributed by atoms with Crippen LogP contribution in [0.15, 0.2) is 24.3 Å². The van der Waals surface area contributed by atoms with E-state index in [1.165, 1.54) is 0 Å². The van der Waals surface area contributed by atoms with Gasteiger partial charge in [0.1, 0.15) is 0 Å². The van der Waals surface area contributed by atoms with Gasteiger partial charge in [-0.05, 0) is 37.0 Å². The van der Waals surface area contributed by atoms with E-state index in [0.717, 1.165) is 37.1 Å². The molecule has 3 rings (SSSR count). The molecule has 5 heteroatoms. The summed E-state index contributed by atoms with van der Waals surface area (Å²) in [7, 11) is 0. The van der Waals surface area contributed by atoms with Crippen LogP contribution >= 0.6 is 0 Å². The van der Waals surface area contributed by atoms with Crippen molar-refractivity contribution >= 4 is 17.5 Å². The van der Waals surface area contributed by atoms with E-state index in [1.807, 2.05) is 29.2 Å². The monoisotopic (exact) mass is 302 g/mol. The summed E-state index contributed by atoms with van der Waals surface area (Å²) in [5.74, 6) is 0.613. The number of amides is 2. The SMILES string of the molecule is O=C(Nc1ccc(CC(=O)N2CCC(CO)C2)cc1)C1CC1. The lowest BCUT2D eigenvalue weighted by Crippen LogP contribution is -2.30. The number of hydrogen-bond acceptors (Lipinski definition) is 3. The number of nitrogens with zero attached hydrogens (tertiary/aromatic N) is 1. The highest BCUT2D eigenvalue weighted by Gasteiger charge is 2.29. The quantitative estimate of drug-likeness (QED) is 0.864. The first-order chi connectivity index (χ1) is 10.7. The average molecular weight is 302 g/mol. The Labute approximate surface area is 130 Å². The fourth-order valence-corrected chi connectivity index (χ4v) is 2.79. The van der Waals surface area contributed by atoms with Gasteiger partial charge in [-0.25, -0.2) is 0 Å². The highest BCUT2D eigenvalue weighted by Crippen LogP contribution is 2.30. The smallest absolute Gasteiger partial charge is 0.227 e. The van der Waals surface area contributed by atoms with Crippen molar-refractivity contribution in [3.63, 3.8) is 0 Å². The first kappa shape index (κ1) is 15.0. The third-order valence-electron chi connectivity index (χ3n) is 4.42. The van der Waals surface area contributed by atoms with Crippen LogP contribution in [-0.4, -0.2) is 41.5 Å². The molecule has 1 aromatic carbocycles. The van der Waals surface area contributed by atoms with E-state index >= 15 is 0 Å². The van der Waals surface area contributed by atoms with Gasteiger partial charge >= 0.3 is 0 Å². The number of benzene rings is 1. The van der Waals surface area contributed by atoms with Gasteiger partial charge in [0.25, 0.3) is 0 Å². The molecule has 2 amide bonds. The summed E-state index contributed by atoms with van der Waals surface area (Å²) in [5, 5.41) is 12.0. The molecule has 0 bridgehead atoms. The Balaban J connectivity index is 1.52. The van der Waals surface area contributed by atoms with Crippen LogP contribution in [0.1, 0.15) is 24.8 Å². The van der Waals surface area contributed by atoms with E-state index in [0.29, 0.717) is 13.0 Å². The van der Waals surface area contributed by atoms with Crippen molar-refractivity contribution in [2.75, 3.05) is 25.0 Å². The van der Waals surface area contributed by atoms with Crippen LogP contribution < -0.4 is 5.32 Å². The number of nitrogens with one attached hydrogen (secondary N) is 1. The average Bonchev–Trinajstić information content (AvgIpc) is 3.26. The molecule has 1 aromatic rings. The molecule has 118 valence electrons. The zero-order valence-corrected chi connectivity index (χ0v) is 12.6. The van der Waals surface area contributed by atoms with Crippen LogP contribution in [-0.2, 0) is 16.0 Å². The number of aliphatic hydroxyl groups is 1. The van der Waals surface area contributed by atoms with Crippen LogP contribution in [0.25, 0.3) is 0 Å². The van der Waals surface area contributed by atoms with Crippen LogP contribution in [0.4, 0.5) is 5.69 Å². The zero-order chi connectivity index (χ0) is 15.5. The van der Waals surface area contributed by atoms with E-state index < -0.39 is 0 Å². The summed E-state index contributed by atoms with van der Waals surface area (Å²) in [6.45, 7) is 1.55. The number of likely N-dealkylation sites (tertiary alicyclic amines) is 1. The lowest BCUT2D eigenvalue weighted by Gasteiger charge is -2.16. The maximum absolute atomic E-state index is 12.2. The minimum atomic E-state index is 0.0935. The summed E-state index contributed by atoms with van der Waals surface area (Å²) in [6, 6.07) is 7.48. The summed E-state index contributed by atoms with van der Waals surface area (Å²) < 4.78 is 0. The molecule has 22 heavy (non-hydrogen) atoms. The fraction of sp³-hybridized carbons (Fsp3) is 0.529. The normalized spacial score (nSPS) is 21.0. The van der Waals surface area contributed by atoms with Crippen LogP contribution in [0.3, 0.4) is 0 Å². The maximum atomic E-state index is 12.2. The van der Waals surface area contributed by atoms with Crippen LogP contribution in [0.5, 0.6) is 0 Å². The van der Waals surface area contributed by atoms with Crippen molar-refractivity contribution in [2.45, 2.75) is 25.7 Å². The molecule has 5 nitrogen and oxygen atoms in total. The van der Waals surface area contributed by atoms with E-state index in [-0.39, 0.29) is 30.3 Å².